The summed E-state index contributed by atoms with van der Waals surface area (Å²) in [5.41, 5.74) is 5.16. The zero-order chi connectivity index (χ0) is 104. The summed E-state index contributed by atoms with van der Waals surface area (Å²) in [4.78, 5) is 241. The molecule has 11 amide bonds. The summed E-state index contributed by atoms with van der Waals surface area (Å²) >= 11 is 0. The number of Topliss-reactive ketones (excluding diaryl/α,β-unsaturated/α-hetero) is 4. The van der Waals surface area contributed by atoms with Crippen molar-refractivity contribution in [3.8, 4) is 5.75 Å². The highest BCUT2D eigenvalue weighted by molar-refractivity contribution is 8.77. The number of unbranched alkanes of at least 4 members (excludes halogenated alkanes) is 4. The molecule has 7 rings (SSSR count). The van der Waals surface area contributed by atoms with Gasteiger partial charge in [0, 0.05) is 111 Å². The average molecular weight is 2010 g/mol. The highest BCUT2D eigenvalue weighted by Crippen LogP contribution is 2.40. The van der Waals surface area contributed by atoms with E-state index in [0.717, 1.165) is 28.9 Å². The summed E-state index contributed by atoms with van der Waals surface area (Å²) in [5, 5.41) is 56.3. The number of carbonyl (C=O) groups is 17. The number of hydrogen-bond acceptors (Lipinski definition) is 27. The van der Waals surface area contributed by atoms with Gasteiger partial charge in [-0.05, 0) is 175 Å². The van der Waals surface area contributed by atoms with Gasteiger partial charge < -0.3 is 97.7 Å². The molecule has 774 valence electrons. The van der Waals surface area contributed by atoms with Gasteiger partial charge in [0.1, 0.15) is 57.5 Å². The van der Waals surface area contributed by atoms with E-state index < -0.39 is 259 Å². The van der Waals surface area contributed by atoms with Crippen LogP contribution < -0.4 is 58.3 Å². The first-order valence-electron chi connectivity index (χ1n) is 48.4. The minimum atomic E-state index is -2.40. The number of hydrogen-bond donors (Lipinski definition) is 14. The third-order valence-electron chi connectivity index (χ3n) is 24.1. The van der Waals surface area contributed by atoms with Crippen LogP contribution >= 0.6 is 21.6 Å². The van der Waals surface area contributed by atoms with Crippen molar-refractivity contribution in [3.63, 3.8) is 0 Å². The molecule has 0 saturated carbocycles. The van der Waals surface area contributed by atoms with Crippen molar-refractivity contribution in [3.05, 3.63) is 95.6 Å². The van der Waals surface area contributed by atoms with Crippen LogP contribution in [0.1, 0.15) is 242 Å². The maximum Gasteiger partial charge on any atom is 0.329 e. The molecule has 0 spiro atoms. The van der Waals surface area contributed by atoms with E-state index in [2.05, 4.69) is 66.7 Å². The number of amides is 11. The van der Waals surface area contributed by atoms with Crippen molar-refractivity contribution in [1.29, 1.82) is 0 Å². The summed E-state index contributed by atoms with van der Waals surface area (Å²) in [6, 6.07) is 12.9. The third-order valence-corrected chi connectivity index (χ3v) is 28.9. The highest BCUT2D eigenvalue weighted by Gasteiger charge is 2.46. The number of aromatic nitrogens is 1. The maximum absolute atomic E-state index is 15.4. The van der Waals surface area contributed by atoms with Crippen LogP contribution in [-0.2, 0) is 121 Å². The van der Waals surface area contributed by atoms with E-state index in [-0.39, 0.29) is 97.2 Å². The Morgan fingerprint density at radius 2 is 1.24 bits per heavy atom. The van der Waals surface area contributed by atoms with Gasteiger partial charge in [-0.3, -0.25) is 71.3 Å². The number of H-pyrrole nitrogens is 1. The molecule has 4 heterocycles. The van der Waals surface area contributed by atoms with Gasteiger partial charge in [0.15, 0.2) is 17.3 Å². The number of rotatable bonds is 45. The van der Waals surface area contributed by atoms with Crippen LogP contribution in [0.15, 0.2) is 83.9 Å². The van der Waals surface area contributed by atoms with Gasteiger partial charge >= 0.3 is 23.9 Å². The summed E-state index contributed by atoms with van der Waals surface area (Å²) in [5.74, 6) is -17.2. The lowest BCUT2D eigenvalue weighted by Gasteiger charge is -2.32. The van der Waals surface area contributed by atoms with E-state index in [4.69, 9.17) is 24.7 Å². The fourth-order valence-electron chi connectivity index (χ4n) is 16.5. The van der Waals surface area contributed by atoms with Crippen LogP contribution in [0.25, 0.3) is 10.9 Å². The normalized spacial score (nSPS) is 20.6. The van der Waals surface area contributed by atoms with E-state index in [1.807, 2.05) is 60.7 Å². The van der Waals surface area contributed by atoms with E-state index in [9.17, 15) is 92.0 Å². The number of nitrogens with one attached hydrogen (secondary N) is 10. The topological polar surface area (TPSA) is 558 Å². The molecular formula is C100H146N12O25S3. The number of primary amides is 1. The first kappa shape index (κ1) is 116. The van der Waals surface area contributed by atoms with Gasteiger partial charge in [-0.15, -0.1) is 0 Å². The number of carbonyl (C=O) groups excluding carboxylic acids is 17. The van der Waals surface area contributed by atoms with E-state index >= 15 is 9.00 Å². The molecule has 0 aliphatic carbocycles. The molecule has 3 aliphatic heterocycles. The van der Waals surface area contributed by atoms with Crippen molar-refractivity contribution in [2.75, 3.05) is 50.9 Å². The SMILES string of the molecule is CC[C@H](C)[C@@H]1NC(=O)CNC(=O)[C@@H]2CC(=O)[C@H]([C@@H](C)[C@@H](O)CO)NC(=O)[C@@H]3C[C@@H](O)CN3C(=O)[C@H](CC(N)=O)CC(=O)[C@H](CS(=O)c3[nH]c4cc(OCCCSSC(C)(C)CCCC(=O)[C@H](Cc5ccccc5)NC(=O)[C@@H](CC(=O)CCCCCCCNC(=O)CCC(NC(=O)NC(CCC(=O)OC(C)(C)C)C(=O)OC(C)(C)C)C(=O)OC(C)(C)C)Cc5ccccc5)ccc4c3C2)NC(=O)CNC1=O. The number of aliphatic hydroxyl groups excluding tert-OH is 3. The Hall–Kier alpha value is -10.7. The van der Waals surface area contributed by atoms with Crippen LogP contribution in [0.2, 0.25) is 0 Å². The number of esters is 3. The smallest absolute Gasteiger partial charge is 0.329 e. The first-order valence-corrected chi connectivity index (χ1v) is 52.0. The number of benzene rings is 3. The zero-order valence-electron chi connectivity index (χ0n) is 83.1. The Morgan fingerprint density at radius 1 is 0.643 bits per heavy atom. The fourth-order valence-corrected chi connectivity index (χ4v) is 20.6. The highest BCUT2D eigenvalue weighted by atomic mass is 33.1. The Morgan fingerprint density at radius 3 is 1.86 bits per heavy atom. The van der Waals surface area contributed by atoms with Crippen LogP contribution in [0.4, 0.5) is 4.79 Å². The molecule has 4 aromatic rings. The van der Waals surface area contributed by atoms with Crippen molar-refractivity contribution in [2.45, 2.75) is 326 Å². The minimum Gasteiger partial charge on any atom is -0.493 e. The molecule has 15 N–H and O–H groups in total. The number of nitrogens with two attached hydrogens (primary N) is 1. The summed E-state index contributed by atoms with van der Waals surface area (Å²) in [6.07, 6.45) is -0.772. The standard InChI is InChI=1S/C100H146N12O25S3/c1-15-59(2)86-91(128)104-54-83(122)105-75-58-140(133)92-70(48-64(88(125)103-55-84(123)110-86)49-79(118)87(60(3)80(119)57-113)111-90(127)76-52-67(115)56-112(76)93(129)65(50-78(75)117)51-81(101)120)69-36-35-68(53-73(69)107-92)134-43-28-44-138-139-100(13,14)41-27-34-77(116)74(46-62-31-23-20-24-32-62)106-89(126)63(45-61-29-21-19-22-30-61)47-66(114)33-25-17-16-18-26-42-102-82(121)39-37-71(94(130)136-98(7,8)9)108-96(132)109-72(95(131)137-99(10,11)12)38-40-85(124)135-97(4,5)6/h19-24,29-32,35-36,53,59-60,63-65,67,71-72,74-76,80,86-87,107,113,115,119H,15-18,25-28,33-34,37-52,54-58H2,1-14H3,(H2,101,120)(H,102,121)(H,103,125)(H,104,128)(H,105,122)(H,106,126)(H,110,123)(H,111,127)(H2,108,109,132)/t59-,60-,63+,64-,65-,67+,71?,72?,74-,75-,76-,80-,86-,87-,140?/m0/s1. The molecule has 0 radical (unpaired) electrons. The van der Waals surface area contributed by atoms with Crippen LogP contribution in [-0.4, -0.2) is 257 Å². The predicted octanol–water partition coefficient (Wildman–Crippen LogP) is 6.85. The van der Waals surface area contributed by atoms with E-state index in [1.54, 1.807) is 116 Å². The molecule has 37 nitrogen and oxygen atoms in total. The lowest BCUT2D eigenvalue weighted by Crippen LogP contribution is -2.56. The second kappa shape index (κ2) is 55.7. The van der Waals surface area contributed by atoms with Gasteiger partial charge in [-0.1, -0.05) is 129 Å². The van der Waals surface area contributed by atoms with E-state index in [0.29, 0.717) is 73.9 Å². The number of aliphatic hydroxyl groups is 3. The molecule has 140 heavy (non-hydrogen) atoms. The van der Waals surface area contributed by atoms with Gasteiger partial charge in [-0.25, -0.2) is 14.4 Å². The number of nitrogens with zero attached hydrogens (tertiary/aromatic N) is 1. The van der Waals surface area contributed by atoms with E-state index in [1.165, 1.54) is 6.92 Å². The lowest BCUT2D eigenvalue weighted by atomic mass is 9.85. The first-order chi connectivity index (χ1) is 65.9. The summed E-state index contributed by atoms with van der Waals surface area (Å²) in [6.45, 7) is 21.5. The van der Waals surface area contributed by atoms with Crippen molar-refractivity contribution >= 4 is 144 Å². The van der Waals surface area contributed by atoms with Gasteiger partial charge in [0.25, 0.3) is 0 Å². The monoisotopic (exact) mass is 2010 g/mol. The summed E-state index contributed by atoms with van der Waals surface area (Å²) in [7, 11) is 0.849. The largest absolute Gasteiger partial charge is 0.493 e. The molecule has 40 heteroatoms. The molecular weight excluding hydrogens is 1870 g/mol. The molecule has 3 unspecified atom stereocenters. The van der Waals surface area contributed by atoms with Gasteiger partial charge in [0.2, 0.25) is 53.2 Å². The average Bonchev–Trinajstić information content (AvgIpc) is 1.62. The van der Waals surface area contributed by atoms with Gasteiger partial charge in [0.05, 0.1) is 84.6 Å². The molecule has 3 aliphatic rings. The molecule has 1 saturated heterocycles. The third kappa shape index (κ3) is 40.0. The Bertz CT molecular complexity index is 4960. The molecule has 1 fully saturated rings. The van der Waals surface area contributed by atoms with Crippen LogP contribution in [0.5, 0.6) is 5.75 Å². The number of aromatic amines is 1. The number of ketones is 4. The Kier molecular flexibility index (Phi) is 46.2. The van der Waals surface area contributed by atoms with Gasteiger partial charge in [-0.2, -0.15) is 0 Å². The Labute approximate surface area is 829 Å². The second-order valence-electron chi connectivity index (χ2n) is 40.1. The molecule has 15 atom stereocenters. The molecule has 3 aromatic carbocycles. The molecule has 2 bridgehead atoms. The second-order valence-corrected chi connectivity index (χ2v) is 44.7. The van der Waals surface area contributed by atoms with Crippen molar-refractivity contribution in [1.82, 2.24) is 57.7 Å². The van der Waals surface area contributed by atoms with Crippen molar-refractivity contribution < 1.29 is 120 Å². The quantitative estimate of drug-likeness (QED) is 0.00931. The zero-order valence-corrected chi connectivity index (χ0v) is 85.5. The number of urea groups is 1. The van der Waals surface area contributed by atoms with Crippen LogP contribution in [0, 0.1) is 29.6 Å². The predicted molar refractivity (Wildman–Crippen MR) is 527 cm³/mol. The molecule has 1 aromatic heterocycles. The minimum absolute atomic E-state index is 0.0495. The fraction of sp³-hybridized carbons (Fsp3) is 0.630. The summed E-state index contributed by atoms with van der Waals surface area (Å²) < 4.78 is 37.8. The Balaban J connectivity index is 0.968. The number of fused-ring (bicyclic) bond motifs is 5. The lowest BCUT2D eigenvalue weighted by molar-refractivity contribution is -0.159. The number of ether oxygens (including phenoxy) is 4. The maximum atomic E-state index is 15.4. The van der Waals surface area contributed by atoms with Crippen LogP contribution in [0.3, 0.4) is 0 Å². The van der Waals surface area contributed by atoms with Crippen molar-refractivity contribution in [2.24, 2.45) is 35.3 Å².